The fourth-order valence-electron chi connectivity index (χ4n) is 6.39. The van der Waals surface area contributed by atoms with Gasteiger partial charge in [-0.05, 0) is 67.6 Å². The molecule has 0 atom stereocenters. The summed E-state index contributed by atoms with van der Waals surface area (Å²) in [6.45, 7) is 8.25. The van der Waals surface area contributed by atoms with Crippen molar-refractivity contribution in [2.45, 2.75) is 122 Å². The van der Waals surface area contributed by atoms with Gasteiger partial charge in [0.2, 0.25) is 0 Å². The number of ether oxygens (including phenoxy) is 2. The lowest BCUT2D eigenvalue weighted by atomic mass is 9.77. The van der Waals surface area contributed by atoms with Crippen molar-refractivity contribution in [3.8, 4) is 11.1 Å². The number of rotatable bonds is 13. The van der Waals surface area contributed by atoms with Crippen LogP contribution >= 0.6 is 0 Å². The van der Waals surface area contributed by atoms with Crippen LogP contribution in [-0.4, -0.2) is 13.2 Å². The van der Waals surface area contributed by atoms with E-state index in [1.165, 1.54) is 107 Å². The highest BCUT2D eigenvalue weighted by atomic mass is 16.7. The molecule has 0 unspecified atom stereocenters. The highest BCUT2D eigenvalue weighted by Gasteiger charge is 2.34. The predicted molar refractivity (Wildman–Crippen MR) is 157 cm³/mol. The number of hydrogen-bond acceptors (Lipinski definition) is 2. The van der Waals surface area contributed by atoms with Gasteiger partial charge in [0.05, 0.1) is 13.2 Å². The van der Waals surface area contributed by atoms with E-state index in [0.29, 0.717) is 5.92 Å². The Hall–Kier alpha value is -1.64. The first-order chi connectivity index (χ1) is 18.1. The summed E-state index contributed by atoms with van der Waals surface area (Å²) in [6, 6.07) is 18.2. The van der Waals surface area contributed by atoms with Crippen molar-refractivity contribution in [1.82, 2.24) is 0 Å². The molecule has 1 aliphatic carbocycles. The van der Waals surface area contributed by atoms with Crippen LogP contribution in [0.2, 0.25) is 0 Å². The molecule has 0 amide bonds. The third kappa shape index (κ3) is 8.17. The lowest BCUT2D eigenvalue weighted by Gasteiger charge is -2.38. The Bertz CT molecular complexity index is 884. The summed E-state index contributed by atoms with van der Waals surface area (Å²) in [7, 11) is 0. The molecule has 0 N–H and O–H groups in total. The summed E-state index contributed by atoms with van der Waals surface area (Å²) in [5.74, 6) is 1.63. The molecule has 2 aliphatic rings. The third-order valence-electron chi connectivity index (χ3n) is 9.09. The quantitative estimate of drug-likeness (QED) is 0.253. The zero-order valence-electron chi connectivity index (χ0n) is 24.0. The zero-order chi connectivity index (χ0) is 25.9. The molecule has 2 heteroatoms. The molecule has 2 aromatic rings. The molecule has 2 aromatic carbocycles. The van der Waals surface area contributed by atoms with Gasteiger partial charge in [-0.2, -0.15) is 0 Å². The van der Waals surface area contributed by atoms with Gasteiger partial charge in [0.15, 0.2) is 5.79 Å². The van der Waals surface area contributed by atoms with Crippen molar-refractivity contribution < 1.29 is 9.47 Å². The van der Waals surface area contributed by atoms with Gasteiger partial charge in [-0.3, -0.25) is 0 Å². The predicted octanol–water partition coefficient (Wildman–Crippen LogP) is 10.4. The van der Waals surface area contributed by atoms with E-state index in [1.807, 2.05) is 0 Å². The molecule has 1 heterocycles. The molecule has 37 heavy (non-hydrogen) atoms. The maximum absolute atomic E-state index is 6.28. The van der Waals surface area contributed by atoms with E-state index in [-0.39, 0.29) is 0 Å². The lowest BCUT2D eigenvalue weighted by Crippen LogP contribution is -2.39. The molecule has 4 rings (SSSR count). The Balaban J connectivity index is 1.25. The molecule has 2 nitrogen and oxygen atoms in total. The summed E-state index contributed by atoms with van der Waals surface area (Å²) in [6.07, 6.45) is 19.0. The summed E-state index contributed by atoms with van der Waals surface area (Å²) in [5, 5.41) is 0. The normalized spacial score (nSPS) is 26.3. The first-order valence-corrected chi connectivity index (χ1v) is 15.6. The van der Waals surface area contributed by atoms with Crippen LogP contribution in [0.4, 0.5) is 0 Å². The first kappa shape index (κ1) is 28.4. The largest absolute Gasteiger partial charge is 0.346 e. The Morgan fingerprint density at radius 3 is 1.76 bits per heavy atom. The molecule has 0 spiro atoms. The average molecular weight is 505 g/mol. The second kappa shape index (κ2) is 14.5. The maximum Gasteiger partial charge on any atom is 0.191 e. The van der Waals surface area contributed by atoms with Gasteiger partial charge in [-0.1, -0.05) is 120 Å². The molecule has 1 saturated heterocycles. The van der Waals surface area contributed by atoms with Gasteiger partial charge in [0.25, 0.3) is 0 Å². The summed E-state index contributed by atoms with van der Waals surface area (Å²) >= 11 is 0. The second-order valence-corrected chi connectivity index (χ2v) is 12.0. The highest BCUT2D eigenvalue weighted by Crippen LogP contribution is 2.39. The molecular weight excluding hydrogens is 452 g/mol. The summed E-state index contributed by atoms with van der Waals surface area (Å²) < 4.78 is 12.6. The topological polar surface area (TPSA) is 18.5 Å². The van der Waals surface area contributed by atoms with E-state index in [9.17, 15) is 0 Å². The van der Waals surface area contributed by atoms with E-state index in [0.717, 1.165) is 30.6 Å². The van der Waals surface area contributed by atoms with Crippen molar-refractivity contribution in [2.75, 3.05) is 13.2 Å². The van der Waals surface area contributed by atoms with Gasteiger partial charge < -0.3 is 9.47 Å². The highest BCUT2D eigenvalue weighted by molar-refractivity contribution is 5.64. The minimum absolute atomic E-state index is 0.531. The van der Waals surface area contributed by atoms with Crippen LogP contribution in [0.5, 0.6) is 0 Å². The van der Waals surface area contributed by atoms with E-state index < -0.39 is 5.79 Å². The van der Waals surface area contributed by atoms with Crippen LogP contribution < -0.4 is 0 Å². The van der Waals surface area contributed by atoms with Gasteiger partial charge in [0.1, 0.15) is 0 Å². The van der Waals surface area contributed by atoms with E-state index >= 15 is 0 Å². The van der Waals surface area contributed by atoms with Crippen molar-refractivity contribution in [3.63, 3.8) is 0 Å². The van der Waals surface area contributed by atoms with Crippen LogP contribution in [-0.2, 0) is 15.3 Å². The van der Waals surface area contributed by atoms with Crippen molar-refractivity contribution in [1.29, 1.82) is 0 Å². The Kier molecular flexibility index (Phi) is 11.1. The van der Waals surface area contributed by atoms with E-state index in [2.05, 4.69) is 69.3 Å². The van der Waals surface area contributed by atoms with E-state index in [1.54, 1.807) is 0 Å². The average Bonchev–Trinajstić information content (AvgIpc) is 2.95. The Morgan fingerprint density at radius 1 is 0.622 bits per heavy atom. The molecule has 0 bridgehead atoms. The van der Waals surface area contributed by atoms with Gasteiger partial charge in [-0.15, -0.1) is 0 Å². The van der Waals surface area contributed by atoms with Crippen LogP contribution in [0, 0.1) is 11.8 Å². The number of hydrogen-bond donors (Lipinski definition) is 0. The second-order valence-electron chi connectivity index (χ2n) is 12.0. The SMILES string of the molecule is CCCCCCC[C@H]1CO[C@](C)(c2ccc(-c3ccc([C@H]4CC[C@H](CCCCC)CC4)cc3)cc2)OC1. The standard InChI is InChI=1S/C35H52O2/c1-4-6-8-9-11-13-29-26-36-35(3,37-27-29)34-24-22-33(23-25-34)32-20-18-31(19-21-32)30-16-14-28(15-17-30)12-10-7-5-2/h18-25,28-30H,4-17,26-27H2,1-3H3/t28-,29-,30-,35-. The fourth-order valence-corrected chi connectivity index (χ4v) is 6.39. The van der Waals surface area contributed by atoms with Gasteiger partial charge in [-0.25, -0.2) is 0 Å². The van der Waals surface area contributed by atoms with E-state index in [4.69, 9.17) is 9.47 Å². The van der Waals surface area contributed by atoms with Gasteiger partial charge >= 0.3 is 0 Å². The smallest absolute Gasteiger partial charge is 0.191 e. The van der Waals surface area contributed by atoms with Crippen LogP contribution in [0.1, 0.15) is 128 Å². The van der Waals surface area contributed by atoms with Crippen molar-refractivity contribution in [3.05, 3.63) is 59.7 Å². The monoisotopic (exact) mass is 504 g/mol. The minimum Gasteiger partial charge on any atom is -0.346 e. The minimum atomic E-state index is -0.628. The molecule has 204 valence electrons. The third-order valence-corrected chi connectivity index (χ3v) is 9.09. The molecule has 1 saturated carbocycles. The van der Waals surface area contributed by atoms with Gasteiger partial charge in [0, 0.05) is 11.5 Å². The molecular formula is C35H52O2. The Labute approximate surface area is 227 Å². The first-order valence-electron chi connectivity index (χ1n) is 15.6. The van der Waals surface area contributed by atoms with Crippen LogP contribution in [0.25, 0.3) is 11.1 Å². The van der Waals surface area contributed by atoms with Crippen molar-refractivity contribution >= 4 is 0 Å². The van der Waals surface area contributed by atoms with Crippen LogP contribution in [0.15, 0.2) is 48.5 Å². The summed E-state index contributed by atoms with van der Waals surface area (Å²) in [5.41, 5.74) is 5.20. The molecule has 2 fully saturated rings. The summed E-state index contributed by atoms with van der Waals surface area (Å²) in [4.78, 5) is 0. The number of unbranched alkanes of at least 4 members (excludes halogenated alkanes) is 6. The maximum atomic E-state index is 6.28. The Morgan fingerprint density at radius 2 is 1.14 bits per heavy atom. The fraction of sp³-hybridized carbons (Fsp3) is 0.657. The zero-order valence-corrected chi connectivity index (χ0v) is 24.0. The molecule has 1 aliphatic heterocycles. The van der Waals surface area contributed by atoms with Crippen LogP contribution in [0.3, 0.4) is 0 Å². The number of benzene rings is 2. The molecule has 0 aromatic heterocycles. The van der Waals surface area contributed by atoms with Crippen molar-refractivity contribution in [2.24, 2.45) is 11.8 Å². The molecule has 0 radical (unpaired) electrons. The lowest BCUT2D eigenvalue weighted by molar-refractivity contribution is -0.282.